The molecule has 2 aliphatic rings. The van der Waals surface area contributed by atoms with Crippen LogP contribution in [0.3, 0.4) is 0 Å². The average molecular weight is 289 g/mol. The Hall–Kier alpha value is -1.62. The smallest absolute Gasteiger partial charge is 0.292 e. The first-order valence-electron chi connectivity index (χ1n) is 7.95. The Morgan fingerprint density at radius 3 is 2.57 bits per heavy atom. The summed E-state index contributed by atoms with van der Waals surface area (Å²) in [7, 11) is 0. The lowest BCUT2D eigenvalue weighted by atomic mass is 9.97. The Kier molecular flexibility index (Phi) is 4.10. The van der Waals surface area contributed by atoms with Crippen LogP contribution in [0.25, 0.3) is 0 Å². The van der Waals surface area contributed by atoms with Gasteiger partial charge in [-0.05, 0) is 38.2 Å². The van der Waals surface area contributed by atoms with Crippen molar-refractivity contribution >= 4 is 11.4 Å². The van der Waals surface area contributed by atoms with Gasteiger partial charge >= 0.3 is 0 Å². The molecule has 2 aliphatic heterocycles. The zero-order valence-electron chi connectivity index (χ0n) is 12.5. The van der Waals surface area contributed by atoms with Crippen molar-refractivity contribution in [3.05, 3.63) is 34.4 Å². The molecule has 5 nitrogen and oxygen atoms in total. The number of rotatable bonds is 5. The van der Waals surface area contributed by atoms with E-state index in [1.54, 1.807) is 12.1 Å². The zero-order chi connectivity index (χ0) is 14.8. The van der Waals surface area contributed by atoms with Crippen molar-refractivity contribution in [1.29, 1.82) is 0 Å². The molecule has 0 saturated carbocycles. The monoisotopic (exact) mass is 289 g/mol. The molecule has 114 valence electrons. The number of anilines is 1. The molecule has 2 unspecified atom stereocenters. The minimum absolute atomic E-state index is 0.233. The summed E-state index contributed by atoms with van der Waals surface area (Å²) in [4.78, 5) is 13.3. The van der Waals surface area contributed by atoms with Crippen LogP contribution in [-0.4, -0.2) is 29.6 Å². The number of nitrogens with zero attached hydrogens (tertiary/aromatic N) is 2. The molecule has 2 saturated heterocycles. The Balaban J connectivity index is 1.89. The van der Waals surface area contributed by atoms with E-state index >= 15 is 0 Å². The lowest BCUT2D eigenvalue weighted by Crippen LogP contribution is -2.48. The molecular weight excluding hydrogens is 266 g/mol. The molecule has 0 spiro atoms. The van der Waals surface area contributed by atoms with Gasteiger partial charge in [0.1, 0.15) is 5.69 Å². The van der Waals surface area contributed by atoms with E-state index in [0.717, 1.165) is 31.5 Å². The number of fused-ring (bicyclic) bond motifs is 2. The molecule has 1 N–H and O–H groups in total. The van der Waals surface area contributed by atoms with Crippen LogP contribution < -0.4 is 10.2 Å². The van der Waals surface area contributed by atoms with Crippen LogP contribution in [0.5, 0.6) is 0 Å². The summed E-state index contributed by atoms with van der Waals surface area (Å²) in [6, 6.07) is 8.78. The van der Waals surface area contributed by atoms with Crippen LogP contribution in [0.4, 0.5) is 11.4 Å². The second kappa shape index (κ2) is 6.02. The van der Waals surface area contributed by atoms with Gasteiger partial charge in [0, 0.05) is 30.7 Å². The van der Waals surface area contributed by atoms with Crippen molar-refractivity contribution in [2.24, 2.45) is 0 Å². The Morgan fingerprint density at radius 1 is 1.29 bits per heavy atom. The second-order valence-electron chi connectivity index (χ2n) is 6.20. The fourth-order valence-corrected chi connectivity index (χ4v) is 3.88. The van der Waals surface area contributed by atoms with E-state index in [9.17, 15) is 10.1 Å². The number of piperidine rings is 1. The molecule has 21 heavy (non-hydrogen) atoms. The SMILES string of the molecule is CCCN(c1ccccc1[N+](=O)[O-])C1CC2CCC(C1)N2. The number of para-hydroxylation sites is 2. The third-order valence-electron chi connectivity index (χ3n) is 4.74. The third-order valence-corrected chi connectivity index (χ3v) is 4.74. The summed E-state index contributed by atoms with van der Waals surface area (Å²) in [6.45, 7) is 3.02. The molecule has 2 bridgehead atoms. The van der Waals surface area contributed by atoms with Gasteiger partial charge < -0.3 is 10.2 Å². The first-order chi connectivity index (χ1) is 10.2. The fourth-order valence-electron chi connectivity index (χ4n) is 3.88. The molecule has 2 heterocycles. The highest BCUT2D eigenvalue weighted by atomic mass is 16.6. The van der Waals surface area contributed by atoms with E-state index in [0.29, 0.717) is 18.1 Å². The van der Waals surface area contributed by atoms with Crippen LogP contribution >= 0.6 is 0 Å². The summed E-state index contributed by atoms with van der Waals surface area (Å²) in [5, 5.41) is 15.0. The molecule has 0 radical (unpaired) electrons. The Labute approximate surface area is 125 Å². The first-order valence-corrected chi connectivity index (χ1v) is 7.95. The summed E-state index contributed by atoms with van der Waals surface area (Å²) < 4.78 is 0. The van der Waals surface area contributed by atoms with Crippen molar-refractivity contribution in [3.63, 3.8) is 0 Å². The Bertz CT molecular complexity index is 508. The summed E-state index contributed by atoms with van der Waals surface area (Å²) in [5.74, 6) is 0. The van der Waals surface area contributed by atoms with Gasteiger partial charge in [0.05, 0.1) is 4.92 Å². The first kappa shape index (κ1) is 14.3. The van der Waals surface area contributed by atoms with Crippen molar-refractivity contribution in [2.75, 3.05) is 11.4 Å². The van der Waals surface area contributed by atoms with Crippen molar-refractivity contribution in [2.45, 2.75) is 57.2 Å². The molecule has 0 aliphatic carbocycles. The quantitative estimate of drug-likeness (QED) is 0.668. The predicted molar refractivity (Wildman–Crippen MR) is 83.7 cm³/mol. The van der Waals surface area contributed by atoms with Crippen molar-refractivity contribution in [3.8, 4) is 0 Å². The highest BCUT2D eigenvalue weighted by Crippen LogP contribution is 2.36. The fraction of sp³-hybridized carbons (Fsp3) is 0.625. The summed E-state index contributed by atoms with van der Waals surface area (Å²) >= 11 is 0. The van der Waals surface area contributed by atoms with Crippen LogP contribution in [-0.2, 0) is 0 Å². The molecular formula is C16H23N3O2. The minimum atomic E-state index is -0.256. The maximum atomic E-state index is 11.3. The molecule has 2 atom stereocenters. The highest BCUT2D eigenvalue weighted by Gasteiger charge is 2.37. The van der Waals surface area contributed by atoms with Gasteiger partial charge in [-0.3, -0.25) is 10.1 Å². The molecule has 0 amide bonds. The van der Waals surface area contributed by atoms with E-state index in [1.807, 2.05) is 12.1 Å². The minimum Gasteiger partial charge on any atom is -0.363 e. The maximum Gasteiger partial charge on any atom is 0.292 e. The van der Waals surface area contributed by atoms with Crippen LogP contribution in [0.1, 0.15) is 39.0 Å². The number of nitro benzene ring substituents is 1. The normalized spacial score (nSPS) is 27.6. The zero-order valence-corrected chi connectivity index (χ0v) is 12.5. The predicted octanol–water partition coefficient (Wildman–Crippen LogP) is 3.09. The topological polar surface area (TPSA) is 58.4 Å². The number of hydrogen-bond acceptors (Lipinski definition) is 4. The standard InChI is InChI=1S/C16H23N3O2/c1-2-9-18(14-10-12-7-8-13(11-14)17-12)15-5-3-4-6-16(15)19(20)21/h3-6,12-14,17H,2,7-11H2,1H3. The number of benzene rings is 1. The van der Waals surface area contributed by atoms with Crippen LogP contribution in [0.2, 0.25) is 0 Å². The van der Waals surface area contributed by atoms with Gasteiger partial charge in [-0.15, -0.1) is 0 Å². The maximum absolute atomic E-state index is 11.3. The van der Waals surface area contributed by atoms with Gasteiger partial charge in [-0.25, -0.2) is 0 Å². The lowest BCUT2D eigenvalue weighted by molar-refractivity contribution is -0.384. The molecule has 1 aromatic rings. The highest BCUT2D eigenvalue weighted by molar-refractivity contribution is 5.63. The molecule has 2 fully saturated rings. The van der Waals surface area contributed by atoms with Gasteiger partial charge in [0.2, 0.25) is 0 Å². The summed E-state index contributed by atoms with van der Waals surface area (Å²) in [6.07, 6.45) is 5.70. The van der Waals surface area contributed by atoms with Gasteiger partial charge in [-0.2, -0.15) is 0 Å². The third kappa shape index (κ3) is 2.88. The van der Waals surface area contributed by atoms with E-state index in [4.69, 9.17) is 0 Å². The molecule has 0 aromatic heterocycles. The van der Waals surface area contributed by atoms with E-state index in [1.165, 1.54) is 12.8 Å². The Morgan fingerprint density at radius 2 is 1.95 bits per heavy atom. The molecule has 5 heteroatoms. The van der Waals surface area contributed by atoms with E-state index in [-0.39, 0.29) is 10.6 Å². The number of hydrogen-bond donors (Lipinski definition) is 1. The van der Waals surface area contributed by atoms with Crippen LogP contribution in [0, 0.1) is 10.1 Å². The average Bonchev–Trinajstić information content (AvgIpc) is 2.83. The van der Waals surface area contributed by atoms with Crippen molar-refractivity contribution < 1.29 is 4.92 Å². The van der Waals surface area contributed by atoms with E-state index in [2.05, 4.69) is 17.1 Å². The number of nitrogens with one attached hydrogen (secondary N) is 1. The second-order valence-corrected chi connectivity index (χ2v) is 6.20. The van der Waals surface area contributed by atoms with Crippen LogP contribution in [0.15, 0.2) is 24.3 Å². The molecule has 1 aromatic carbocycles. The largest absolute Gasteiger partial charge is 0.363 e. The summed E-state index contributed by atoms with van der Waals surface area (Å²) in [5.41, 5.74) is 1.02. The molecule has 3 rings (SSSR count). The van der Waals surface area contributed by atoms with Gasteiger partial charge in [-0.1, -0.05) is 19.1 Å². The van der Waals surface area contributed by atoms with E-state index < -0.39 is 0 Å². The van der Waals surface area contributed by atoms with Gasteiger partial charge in [0.15, 0.2) is 0 Å². The van der Waals surface area contributed by atoms with Crippen molar-refractivity contribution in [1.82, 2.24) is 5.32 Å². The number of nitro groups is 1. The lowest BCUT2D eigenvalue weighted by Gasteiger charge is -2.39. The van der Waals surface area contributed by atoms with Gasteiger partial charge in [0.25, 0.3) is 5.69 Å².